The Balaban J connectivity index is 1.55. The SMILES string of the molecule is Nc1ncnc2c1ncn2[C@]1(C2CC3CC2C2OC32)O[C@H](CO)[C@@H](O)[C@H]1O. The number of fused-ring (bicyclic) bond motifs is 6. The zero-order chi connectivity index (χ0) is 18.5. The molecule has 6 rings (SSSR count). The molecule has 0 amide bonds. The van der Waals surface area contributed by atoms with Crippen LogP contribution in [-0.4, -0.2) is 72.0 Å². The molecule has 2 aromatic heterocycles. The number of hydrogen-bond donors (Lipinski definition) is 4. The van der Waals surface area contributed by atoms with Gasteiger partial charge >= 0.3 is 0 Å². The van der Waals surface area contributed by atoms with Crippen molar-refractivity contribution >= 4 is 17.0 Å². The molecule has 27 heavy (non-hydrogen) atoms. The molecule has 0 spiro atoms. The van der Waals surface area contributed by atoms with Crippen molar-refractivity contribution in [1.29, 1.82) is 0 Å². The van der Waals surface area contributed by atoms with E-state index >= 15 is 0 Å². The predicted molar refractivity (Wildman–Crippen MR) is 90.0 cm³/mol. The van der Waals surface area contributed by atoms with E-state index in [1.807, 2.05) is 0 Å². The third-order valence-corrected chi connectivity index (χ3v) is 7.01. The lowest BCUT2D eigenvalue weighted by atomic mass is 9.77. The number of nitrogens with two attached hydrogens (primary N) is 1. The van der Waals surface area contributed by atoms with Crippen LogP contribution in [0.4, 0.5) is 5.82 Å². The Bertz CT molecular complexity index is 922. The van der Waals surface area contributed by atoms with Crippen LogP contribution in [0, 0.1) is 17.8 Å². The molecule has 4 fully saturated rings. The van der Waals surface area contributed by atoms with Gasteiger partial charge in [-0.05, 0) is 24.7 Å². The molecule has 10 heteroatoms. The first-order valence-electron chi connectivity index (χ1n) is 9.30. The van der Waals surface area contributed by atoms with Crippen molar-refractivity contribution in [1.82, 2.24) is 19.5 Å². The maximum absolute atomic E-state index is 11.1. The molecule has 10 nitrogen and oxygen atoms in total. The Hall–Kier alpha value is -1.85. The number of hydrogen-bond acceptors (Lipinski definition) is 9. The molecule has 2 aromatic rings. The average molecular weight is 375 g/mol. The molecule has 2 aliphatic carbocycles. The molecule has 0 aromatic carbocycles. The summed E-state index contributed by atoms with van der Waals surface area (Å²) >= 11 is 0. The van der Waals surface area contributed by atoms with Gasteiger partial charge in [0.2, 0.25) is 0 Å². The summed E-state index contributed by atoms with van der Waals surface area (Å²) in [5.41, 5.74) is 5.49. The van der Waals surface area contributed by atoms with Gasteiger partial charge in [0.15, 0.2) is 17.2 Å². The van der Waals surface area contributed by atoms with Crippen molar-refractivity contribution in [3.05, 3.63) is 12.7 Å². The van der Waals surface area contributed by atoms with E-state index in [4.69, 9.17) is 15.2 Å². The van der Waals surface area contributed by atoms with Gasteiger partial charge in [-0.25, -0.2) is 15.0 Å². The fraction of sp³-hybridized carbons (Fsp3) is 0.706. The van der Waals surface area contributed by atoms with Crippen LogP contribution in [0.3, 0.4) is 0 Å². The van der Waals surface area contributed by atoms with E-state index in [2.05, 4.69) is 15.0 Å². The topological polar surface area (TPSA) is 152 Å². The lowest BCUT2D eigenvalue weighted by molar-refractivity contribution is -0.191. The van der Waals surface area contributed by atoms with Crippen LogP contribution in [0.1, 0.15) is 12.8 Å². The van der Waals surface area contributed by atoms with Crippen LogP contribution < -0.4 is 5.73 Å². The molecule has 5 N–H and O–H groups in total. The van der Waals surface area contributed by atoms with Crippen molar-refractivity contribution in [3.63, 3.8) is 0 Å². The van der Waals surface area contributed by atoms with E-state index < -0.39 is 30.6 Å². The molecule has 2 aliphatic heterocycles. The Morgan fingerprint density at radius 2 is 2.07 bits per heavy atom. The second kappa shape index (κ2) is 5.15. The average Bonchev–Trinajstić information content (AvgIpc) is 2.96. The zero-order valence-electron chi connectivity index (χ0n) is 14.4. The number of nitrogens with zero attached hydrogens (tertiary/aromatic N) is 4. The third-order valence-electron chi connectivity index (χ3n) is 7.01. The number of aliphatic hydroxyl groups is 3. The molecule has 5 unspecified atom stereocenters. The minimum absolute atomic E-state index is 0.0963. The molecule has 144 valence electrons. The third kappa shape index (κ3) is 1.84. The predicted octanol–water partition coefficient (Wildman–Crippen LogP) is -1.40. The van der Waals surface area contributed by atoms with Gasteiger partial charge in [0.05, 0.1) is 25.1 Å². The highest BCUT2D eigenvalue weighted by molar-refractivity contribution is 5.81. The maximum atomic E-state index is 11.1. The van der Waals surface area contributed by atoms with Crippen molar-refractivity contribution < 1.29 is 24.8 Å². The number of imidazole rings is 1. The van der Waals surface area contributed by atoms with Crippen LogP contribution in [0.5, 0.6) is 0 Å². The van der Waals surface area contributed by atoms with E-state index in [1.54, 1.807) is 4.57 Å². The van der Waals surface area contributed by atoms with Crippen molar-refractivity contribution in [2.45, 2.75) is 49.1 Å². The fourth-order valence-corrected chi connectivity index (χ4v) is 5.85. The second-order valence-electron chi connectivity index (χ2n) is 8.14. The normalized spacial score (nSPS) is 47.7. The summed E-state index contributed by atoms with van der Waals surface area (Å²) in [5, 5.41) is 31.4. The highest BCUT2D eigenvalue weighted by Gasteiger charge is 2.71. The fourth-order valence-electron chi connectivity index (χ4n) is 5.85. The van der Waals surface area contributed by atoms with E-state index in [0.717, 1.165) is 12.8 Å². The van der Waals surface area contributed by atoms with Crippen molar-refractivity contribution in [2.75, 3.05) is 12.3 Å². The molecule has 9 atom stereocenters. The standard InChI is InChI=1S/C17H21N5O5/c18-15-10-16(20-4-19-15)22(5-21-10)17(14(25)11(24)9(3-23)27-17)8-2-6-1-7(8)13-12(6)26-13/h4-9,11-14,23-25H,1-3H2,(H2,18,19,20)/t6?,7?,8?,9-,11-,12?,13?,14-,17-/m1/s1. The van der Waals surface area contributed by atoms with E-state index in [9.17, 15) is 15.3 Å². The summed E-state index contributed by atoms with van der Waals surface area (Å²) in [4.78, 5) is 12.6. The molecule has 0 radical (unpaired) electrons. The monoisotopic (exact) mass is 375 g/mol. The minimum Gasteiger partial charge on any atom is -0.394 e. The Morgan fingerprint density at radius 3 is 2.78 bits per heavy atom. The highest BCUT2D eigenvalue weighted by Crippen LogP contribution is 2.64. The van der Waals surface area contributed by atoms with E-state index in [1.165, 1.54) is 12.7 Å². The summed E-state index contributed by atoms with van der Waals surface area (Å²) in [6, 6.07) is 0. The lowest BCUT2D eigenvalue weighted by Gasteiger charge is -2.42. The summed E-state index contributed by atoms with van der Waals surface area (Å²) in [5.74, 6) is 0.786. The minimum atomic E-state index is -1.29. The first-order chi connectivity index (χ1) is 13.1. The van der Waals surface area contributed by atoms with Gasteiger partial charge in [-0.15, -0.1) is 0 Å². The zero-order valence-corrected chi connectivity index (χ0v) is 14.4. The van der Waals surface area contributed by atoms with Crippen LogP contribution in [0.15, 0.2) is 12.7 Å². The highest BCUT2D eigenvalue weighted by atomic mass is 16.6. The number of anilines is 1. The largest absolute Gasteiger partial charge is 0.394 e. The quantitative estimate of drug-likeness (QED) is 0.474. The first-order valence-corrected chi connectivity index (χ1v) is 9.30. The van der Waals surface area contributed by atoms with E-state index in [0.29, 0.717) is 23.2 Å². The van der Waals surface area contributed by atoms with E-state index in [-0.39, 0.29) is 23.8 Å². The molecule has 2 saturated carbocycles. The molecule has 4 aliphatic rings. The molecular weight excluding hydrogens is 354 g/mol. The van der Waals surface area contributed by atoms with Gasteiger partial charge in [0.25, 0.3) is 0 Å². The number of rotatable bonds is 3. The van der Waals surface area contributed by atoms with Gasteiger partial charge in [-0.2, -0.15) is 0 Å². The number of epoxide rings is 1. The smallest absolute Gasteiger partial charge is 0.179 e. The van der Waals surface area contributed by atoms with Gasteiger partial charge in [0, 0.05) is 5.92 Å². The number of aliphatic hydroxyl groups excluding tert-OH is 3. The van der Waals surface area contributed by atoms with Gasteiger partial charge in [0.1, 0.15) is 30.2 Å². The lowest BCUT2D eigenvalue weighted by Crippen LogP contribution is -2.53. The van der Waals surface area contributed by atoms with Crippen LogP contribution in [-0.2, 0) is 15.2 Å². The first kappa shape index (κ1) is 16.1. The van der Waals surface area contributed by atoms with Crippen LogP contribution >= 0.6 is 0 Å². The maximum Gasteiger partial charge on any atom is 0.179 e. The number of aromatic nitrogens is 4. The molecule has 2 bridgehead atoms. The summed E-state index contributed by atoms with van der Waals surface area (Å²) < 4.78 is 13.7. The Kier molecular flexibility index (Phi) is 3.08. The summed E-state index contributed by atoms with van der Waals surface area (Å²) in [6.07, 6.45) is 1.83. The Morgan fingerprint density at radius 1 is 1.22 bits per heavy atom. The van der Waals surface area contributed by atoms with Crippen LogP contribution in [0.25, 0.3) is 11.2 Å². The number of ether oxygens (including phenoxy) is 2. The van der Waals surface area contributed by atoms with Gasteiger partial charge in [-0.1, -0.05) is 0 Å². The van der Waals surface area contributed by atoms with Crippen molar-refractivity contribution in [2.24, 2.45) is 17.8 Å². The Labute approximate surface area is 153 Å². The molecular formula is C17H21N5O5. The number of nitrogen functional groups attached to an aromatic ring is 1. The summed E-state index contributed by atoms with van der Waals surface area (Å²) in [7, 11) is 0. The van der Waals surface area contributed by atoms with Crippen molar-refractivity contribution in [3.8, 4) is 0 Å². The van der Waals surface area contributed by atoms with Gasteiger partial charge < -0.3 is 30.5 Å². The summed E-state index contributed by atoms with van der Waals surface area (Å²) in [6.45, 7) is -0.396. The second-order valence-corrected chi connectivity index (χ2v) is 8.14. The van der Waals surface area contributed by atoms with Crippen LogP contribution in [0.2, 0.25) is 0 Å². The van der Waals surface area contributed by atoms with Gasteiger partial charge in [-0.3, -0.25) is 4.57 Å². The molecule has 4 heterocycles. The molecule has 2 saturated heterocycles.